The Labute approximate surface area is 199 Å². The van der Waals surface area contributed by atoms with Gasteiger partial charge in [0.2, 0.25) is 0 Å². The van der Waals surface area contributed by atoms with E-state index in [9.17, 15) is 0 Å². The van der Waals surface area contributed by atoms with Gasteiger partial charge in [0.1, 0.15) is 0 Å². The molecule has 0 amide bonds. The summed E-state index contributed by atoms with van der Waals surface area (Å²) in [6.07, 6.45) is 5.26. The van der Waals surface area contributed by atoms with Gasteiger partial charge in [-0.05, 0) is 29.7 Å². The second kappa shape index (κ2) is 10.6. The number of halogens is 1. The van der Waals surface area contributed by atoms with Gasteiger partial charge in [-0.3, -0.25) is 4.90 Å². The van der Waals surface area contributed by atoms with Crippen molar-refractivity contribution in [2.45, 2.75) is 37.8 Å². The molecular weight excluding hydrogens is 462 g/mol. The molecule has 1 aliphatic heterocycles. The number of methoxy groups -OCH3 is 1. The van der Waals surface area contributed by atoms with Crippen LogP contribution in [0, 0.1) is 0 Å². The molecule has 3 aromatic rings. The number of morpholine rings is 1. The standard InChI is InChI=1S/C28H30BrNO2/c1-28(31-2)21-30(20-24-15-9-10-16-25(24)29)26(18-17-22-11-5-3-6-12-22)27(32-28)19-23-13-7-4-8-14-23/h3-18,26-27H,19-21H2,1-2H3/b18-17+/t26-,27+,28?/m1/s1. The van der Waals surface area contributed by atoms with E-state index in [1.165, 1.54) is 16.7 Å². The highest BCUT2D eigenvalue weighted by Gasteiger charge is 2.42. The van der Waals surface area contributed by atoms with Crippen molar-refractivity contribution in [1.82, 2.24) is 4.90 Å². The van der Waals surface area contributed by atoms with E-state index in [4.69, 9.17) is 9.47 Å². The molecule has 1 unspecified atom stereocenters. The van der Waals surface area contributed by atoms with E-state index in [0.717, 1.165) is 17.4 Å². The largest absolute Gasteiger partial charge is 0.352 e. The first-order chi connectivity index (χ1) is 15.6. The van der Waals surface area contributed by atoms with E-state index in [1.54, 1.807) is 7.11 Å². The molecule has 1 aliphatic rings. The molecule has 1 saturated heterocycles. The minimum Gasteiger partial charge on any atom is -0.352 e. The van der Waals surface area contributed by atoms with Crippen LogP contribution in [0.25, 0.3) is 6.08 Å². The summed E-state index contributed by atoms with van der Waals surface area (Å²) in [5.41, 5.74) is 3.70. The lowest BCUT2D eigenvalue weighted by atomic mass is 9.95. The average Bonchev–Trinajstić information content (AvgIpc) is 2.81. The minimum atomic E-state index is -0.669. The third-order valence-corrected chi connectivity index (χ3v) is 6.80. The fourth-order valence-electron chi connectivity index (χ4n) is 4.28. The summed E-state index contributed by atoms with van der Waals surface area (Å²) in [6.45, 7) is 3.52. The smallest absolute Gasteiger partial charge is 0.178 e. The Morgan fingerprint density at radius 3 is 2.34 bits per heavy atom. The number of ether oxygens (including phenoxy) is 2. The van der Waals surface area contributed by atoms with Crippen LogP contribution in [0.1, 0.15) is 23.6 Å². The Morgan fingerprint density at radius 2 is 1.66 bits per heavy atom. The van der Waals surface area contributed by atoms with Gasteiger partial charge in [-0.2, -0.15) is 0 Å². The van der Waals surface area contributed by atoms with E-state index in [2.05, 4.69) is 112 Å². The van der Waals surface area contributed by atoms with Gasteiger partial charge in [0.25, 0.3) is 0 Å². The van der Waals surface area contributed by atoms with Crippen molar-refractivity contribution in [1.29, 1.82) is 0 Å². The van der Waals surface area contributed by atoms with Crippen molar-refractivity contribution in [2.75, 3.05) is 13.7 Å². The lowest BCUT2D eigenvalue weighted by Gasteiger charge is -2.48. The maximum Gasteiger partial charge on any atom is 0.178 e. The van der Waals surface area contributed by atoms with Crippen LogP contribution in [0.2, 0.25) is 0 Å². The molecule has 0 spiro atoms. The number of hydrogen-bond acceptors (Lipinski definition) is 3. The zero-order valence-electron chi connectivity index (χ0n) is 18.7. The van der Waals surface area contributed by atoms with Crippen LogP contribution < -0.4 is 0 Å². The monoisotopic (exact) mass is 491 g/mol. The lowest BCUT2D eigenvalue weighted by molar-refractivity contribution is -0.280. The summed E-state index contributed by atoms with van der Waals surface area (Å²) in [4.78, 5) is 2.47. The van der Waals surface area contributed by atoms with Crippen LogP contribution in [0.15, 0.2) is 95.5 Å². The molecule has 3 nitrogen and oxygen atoms in total. The number of rotatable bonds is 7. The van der Waals surface area contributed by atoms with E-state index >= 15 is 0 Å². The Balaban J connectivity index is 1.68. The van der Waals surface area contributed by atoms with E-state index < -0.39 is 5.79 Å². The summed E-state index contributed by atoms with van der Waals surface area (Å²) in [7, 11) is 1.73. The van der Waals surface area contributed by atoms with Crippen molar-refractivity contribution in [2.24, 2.45) is 0 Å². The zero-order valence-corrected chi connectivity index (χ0v) is 20.2. The Kier molecular flexibility index (Phi) is 7.59. The summed E-state index contributed by atoms with van der Waals surface area (Å²) in [5, 5.41) is 0. The molecule has 0 aromatic heterocycles. The van der Waals surface area contributed by atoms with Gasteiger partial charge in [0, 0.05) is 24.5 Å². The normalized spacial score (nSPS) is 24.1. The summed E-state index contributed by atoms with van der Waals surface area (Å²) >= 11 is 3.73. The molecule has 0 radical (unpaired) electrons. The molecule has 3 atom stereocenters. The van der Waals surface area contributed by atoms with E-state index in [-0.39, 0.29) is 12.1 Å². The van der Waals surface area contributed by atoms with Crippen LogP contribution in [-0.4, -0.2) is 36.5 Å². The Hall–Kier alpha value is -2.24. The predicted molar refractivity (Wildman–Crippen MR) is 134 cm³/mol. The van der Waals surface area contributed by atoms with Gasteiger partial charge in [0.05, 0.1) is 18.7 Å². The maximum atomic E-state index is 6.60. The highest BCUT2D eigenvalue weighted by molar-refractivity contribution is 9.10. The van der Waals surface area contributed by atoms with Crippen molar-refractivity contribution < 1.29 is 9.47 Å². The van der Waals surface area contributed by atoms with E-state index in [1.807, 2.05) is 13.0 Å². The van der Waals surface area contributed by atoms with Crippen molar-refractivity contribution >= 4 is 22.0 Å². The molecule has 32 heavy (non-hydrogen) atoms. The fraction of sp³-hybridized carbons (Fsp3) is 0.286. The second-order valence-electron chi connectivity index (χ2n) is 8.44. The molecule has 1 fully saturated rings. The fourth-order valence-corrected chi connectivity index (χ4v) is 4.69. The lowest BCUT2D eigenvalue weighted by Crippen LogP contribution is -2.60. The van der Waals surface area contributed by atoms with E-state index in [0.29, 0.717) is 6.54 Å². The molecule has 0 saturated carbocycles. The van der Waals surface area contributed by atoms with Crippen LogP contribution in [0.3, 0.4) is 0 Å². The SMILES string of the molecule is COC1(C)CN(Cc2ccccc2Br)[C@H](/C=C/c2ccccc2)[C@H](Cc2ccccc2)O1. The predicted octanol–water partition coefficient (Wildman–Crippen LogP) is 6.34. The molecule has 4 rings (SSSR count). The molecule has 3 aromatic carbocycles. The third-order valence-electron chi connectivity index (χ3n) is 6.02. The topological polar surface area (TPSA) is 21.7 Å². The highest BCUT2D eigenvalue weighted by atomic mass is 79.9. The highest BCUT2D eigenvalue weighted by Crippen LogP contribution is 2.32. The van der Waals surface area contributed by atoms with Gasteiger partial charge in [-0.1, -0.05) is 107 Å². The molecule has 0 bridgehead atoms. The minimum absolute atomic E-state index is 0.0430. The summed E-state index contributed by atoms with van der Waals surface area (Å²) in [6, 6.07) is 29.5. The molecule has 0 N–H and O–H groups in total. The molecule has 1 heterocycles. The third kappa shape index (κ3) is 5.76. The Bertz CT molecular complexity index is 1020. The first kappa shape index (κ1) is 22.9. The number of nitrogens with zero attached hydrogens (tertiary/aromatic N) is 1. The summed E-state index contributed by atoms with van der Waals surface area (Å²) in [5.74, 6) is -0.669. The van der Waals surface area contributed by atoms with Crippen molar-refractivity contribution in [3.63, 3.8) is 0 Å². The van der Waals surface area contributed by atoms with Crippen molar-refractivity contribution in [3.05, 3.63) is 112 Å². The zero-order chi connectivity index (χ0) is 22.4. The van der Waals surface area contributed by atoms with Crippen LogP contribution in [0.5, 0.6) is 0 Å². The van der Waals surface area contributed by atoms with Crippen LogP contribution in [0.4, 0.5) is 0 Å². The number of benzene rings is 3. The Morgan fingerprint density at radius 1 is 1.00 bits per heavy atom. The molecule has 166 valence electrons. The molecule has 4 heteroatoms. The first-order valence-corrected chi connectivity index (χ1v) is 11.8. The van der Waals surface area contributed by atoms with Crippen LogP contribution >= 0.6 is 15.9 Å². The first-order valence-electron chi connectivity index (χ1n) is 11.0. The number of hydrogen-bond donors (Lipinski definition) is 0. The second-order valence-corrected chi connectivity index (χ2v) is 9.30. The van der Waals surface area contributed by atoms with Gasteiger partial charge in [0.15, 0.2) is 5.79 Å². The quantitative estimate of drug-likeness (QED) is 0.384. The maximum absolute atomic E-state index is 6.60. The van der Waals surface area contributed by atoms with Gasteiger partial charge in [-0.25, -0.2) is 0 Å². The van der Waals surface area contributed by atoms with Crippen molar-refractivity contribution in [3.8, 4) is 0 Å². The molecular formula is C28H30BrNO2. The summed E-state index contributed by atoms with van der Waals surface area (Å²) < 4.78 is 13.6. The van der Waals surface area contributed by atoms with Gasteiger partial charge in [-0.15, -0.1) is 0 Å². The van der Waals surface area contributed by atoms with Gasteiger partial charge >= 0.3 is 0 Å². The van der Waals surface area contributed by atoms with Gasteiger partial charge < -0.3 is 9.47 Å². The molecule has 0 aliphatic carbocycles. The average molecular weight is 492 g/mol. The van der Waals surface area contributed by atoms with Crippen LogP contribution in [-0.2, 0) is 22.4 Å².